The SMILES string of the molecule is C/C(I)=C1\CC[C@H](C)[C@H]1CI. The first-order valence-corrected chi connectivity index (χ1v) is 6.68. The third kappa shape index (κ3) is 2.32. The van der Waals surface area contributed by atoms with Gasteiger partial charge in [-0.25, -0.2) is 0 Å². The van der Waals surface area contributed by atoms with Crippen LogP contribution in [0.2, 0.25) is 0 Å². The van der Waals surface area contributed by atoms with Crippen molar-refractivity contribution in [3.63, 3.8) is 0 Å². The van der Waals surface area contributed by atoms with E-state index in [1.54, 1.807) is 5.57 Å². The fraction of sp³-hybridized carbons (Fsp3) is 0.778. The van der Waals surface area contributed by atoms with E-state index in [9.17, 15) is 0 Å². The Morgan fingerprint density at radius 3 is 2.64 bits per heavy atom. The molecule has 1 aliphatic carbocycles. The number of hydrogen-bond donors (Lipinski definition) is 0. The van der Waals surface area contributed by atoms with E-state index in [1.165, 1.54) is 20.8 Å². The average Bonchev–Trinajstić information content (AvgIpc) is 2.30. The van der Waals surface area contributed by atoms with Crippen LogP contribution < -0.4 is 0 Å². The highest BCUT2D eigenvalue weighted by molar-refractivity contribution is 14.1. The Hall–Kier alpha value is 1.20. The first-order chi connectivity index (χ1) is 5.16. The van der Waals surface area contributed by atoms with E-state index >= 15 is 0 Å². The van der Waals surface area contributed by atoms with Crippen LogP contribution in [0.3, 0.4) is 0 Å². The molecule has 0 N–H and O–H groups in total. The van der Waals surface area contributed by atoms with E-state index in [2.05, 4.69) is 59.0 Å². The summed E-state index contributed by atoms with van der Waals surface area (Å²) in [6, 6.07) is 0. The minimum Gasteiger partial charge on any atom is -0.0857 e. The molecule has 1 aliphatic rings. The Labute approximate surface area is 96.5 Å². The Kier molecular flexibility index (Phi) is 4.15. The highest BCUT2D eigenvalue weighted by Gasteiger charge is 2.27. The van der Waals surface area contributed by atoms with Crippen molar-refractivity contribution >= 4 is 45.2 Å². The number of alkyl halides is 1. The lowest BCUT2D eigenvalue weighted by atomic mass is 9.97. The van der Waals surface area contributed by atoms with Crippen LogP contribution in [0.1, 0.15) is 26.7 Å². The first-order valence-electron chi connectivity index (χ1n) is 4.08. The molecule has 0 aromatic rings. The number of halogens is 2. The molecule has 0 saturated heterocycles. The van der Waals surface area contributed by atoms with Crippen LogP contribution in [0.15, 0.2) is 9.15 Å². The maximum Gasteiger partial charge on any atom is 0.00639 e. The quantitative estimate of drug-likeness (QED) is 0.476. The molecule has 1 fully saturated rings. The minimum absolute atomic E-state index is 0.882. The molecule has 11 heavy (non-hydrogen) atoms. The summed E-state index contributed by atoms with van der Waals surface area (Å²) in [7, 11) is 0. The zero-order chi connectivity index (χ0) is 8.43. The largest absolute Gasteiger partial charge is 0.0857 e. The van der Waals surface area contributed by atoms with Gasteiger partial charge < -0.3 is 0 Å². The number of hydrogen-bond acceptors (Lipinski definition) is 0. The van der Waals surface area contributed by atoms with E-state index in [0.717, 1.165) is 11.8 Å². The fourth-order valence-corrected chi connectivity index (χ4v) is 3.86. The van der Waals surface area contributed by atoms with Gasteiger partial charge in [0.15, 0.2) is 0 Å². The van der Waals surface area contributed by atoms with Gasteiger partial charge in [-0.15, -0.1) is 0 Å². The molecule has 0 aromatic heterocycles. The highest BCUT2D eigenvalue weighted by Crippen LogP contribution is 2.40. The van der Waals surface area contributed by atoms with Crippen LogP contribution in [0.4, 0.5) is 0 Å². The van der Waals surface area contributed by atoms with Crippen molar-refractivity contribution in [2.45, 2.75) is 26.7 Å². The van der Waals surface area contributed by atoms with Gasteiger partial charge >= 0.3 is 0 Å². The monoisotopic (exact) mass is 376 g/mol. The Morgan fingerprint density at radius 1 is 1.64 bits per heavy atom. The molecule has 0 spiro atoms. The van der Waals surface area contributed by atoms with Crippen molar-refractivity contribution in [3.05, 3.63) is 9.15 Å². The summed E-state index contributed by atoms with van der Waals surface area (Å²) in [5.41, 5.74) is 1.73. The summed E-state index contributed by atoms with van der Waals surface area (Å²) < 4.78 is 2.84. The second kappa shape index (κ2) is 4.44. The number of rotatable bonds is 1. The topological polar surface area (TPSA) is 0 Å². The van der Waals surface area contributed by atoms with Crippen LogP contribution in [-0.4, -0.2) is 4.43 Å². The Balaban J connectivity index is 2.77. The molecule has 0 aromatic carbocycles. The van der Waals surface area contributed by atoms with Crippen LogP contribution >= 0.6 is 45.2 Å². The lowest BCUT2D eigenvalue weighted by Gasteiger charge is -2.14. The van der Waals surface area contributed by atoms with Crippen molar-refractivity contribution in [1.82, 2.24) is 0 Å². The van der Waals surface area contributed by atoms with Crippen LogP contribution in [0.25, 0.3) is 0 Å². The maximum atomic E-state index is 2.52. The summed E-state index contributed by atoms with van der Waals surface area (Å²) in [4.78, 5) is 0. The smallest absolute Gasteiger partial charge is 0.00639 e. The zero-order valence-electron chi connectivity index (χ0n) is 7.03. The van der Waals surface area contributed by atoms with Gasteiger partial charge in [-0.2, -0.15) is 0 Å². The van der Waals surface area contributed by atoms with Crippen molar-refractivity contribution < 1.29 is 0 Å². The summed E-state index contributed by atoms with van der Waals surface area (Å²) in [6.07, 6.45) is 2.76. The lowest BCUT2D eigenvalue weighted by molar-refractivity contribution is 0.504. The van der Waals surface area contributed by atoms with Crippen molar-refractivity contribution in [3.8, 4) is 0 Å². The molecular formula is C9H14I2. The van der Waals surface area contributed by atoms with Gasteiger partial charge in [0.2, 0.25) is 0 Å². The summed E-state index contributed by atoms with van der Waals surface area (Å²) >= 11 is 4.99. The van der Waals surface area contributed by atoms with Crippen LogP contribution in [-0.2, 0) is 0 Å². The second-order valence-corrected chi connectivity index (χ2v) is 5.83. The average molecular weight is 376 g/mol. The number of allylic oxidation sites excluding steroid dienone is 2. The molecular weight excluding hydrogens is 362 g/mol. The second-order valence-electron chi connectivity index (χ2n) is 3.34. The Morgan fingerprint density at radius 2 is 2.27 bits per heavy atom. The van der Waals surface area contributed by atoms with Gasteiger partial charge in [-0.1, -0.05) is 35.1 Å². The van der Waals surface area contributed by atoms with Crippen LogP contribution in [0, 0.1) is 11.8 Å². The van der Waals surface area contributed by atoms with E-state index in [1.807, 2.05) is 0 Å². The molecule has 64 valence electrons. The molecule has 2 atom stereocenters. The normalized spacial score (nSPS) is 36.0. The van der Waals surface area contributed by atoms with Gasteiger partial charge in [0.05, 0.1) is 0 Å². The molecule has 2 heteroatoms. The Bertz CT molecular complexity index is 168. The predicted octanol–water partition coefficient (Wildman–Crippen LogP) is 4.18. The van der Waals surface area contributed by atoms with Crippen molar-refractivity contribution in [1.29, 1.82) is 0 Å². The lowest BCUT2D eigenvalue weighted by Crippen LogP contribution is -2.07. The molecule has 0 amide bonds. The van der Waals surface area contributed by atoms with Gasteiger partial charge in [-0.3, -0.25) is 0 Å². The van der Waals surface area contributed by atoms with Gasteiger partial charge in [-0.05, 0) is 57.8 Å². The third-order valence-corrected chi connectivity index (χ3v) is 4.25. The molecule has 0 radical (unpaired) electrons. The first kappa shape index (κ1) is 10.3. The molecule has 0 bridgehead atoms. The zero-order valence-corrected chi connectivity index (χ0v) is 11.3. The molecule has 0 nitrogen and oxygen atoms in total. The van der Waals surface area contributed by atoms with E-state index in [0.29, 0.717) is 0 Å². The van der Waals surface area contributed by atoms with Crippen LogP contribution in [0.5, 0.6) is 0 Å². The fourth-order valence-electron chi connectivity index (χ4n) is 1.79. The summed E-state index contributed by atoms with van der Waals surface area (Å²) in [5, 5.41) is 0. The molecule has 1 rings (SSSR count). The third-order valence-electron chi connectivity index (χ3n) is 2.61. The van der Waals surface area contributed by atoms with Gasteiger partial charge in [0.25, 0.3) is 0 Å². The van der Waals surface area contributed by atoms with E-state index in [-0.39, 0.29) is 0 Å². The molecule has 0 heterocycles. The predicted molar refractivity (Wildman–Crippen MR) is 67.5 cm³/mol. The molecule has 1 saturated carbocycles. The summed E-state index contributed by atoms with van der Waals surface area (Å²) in [6.45, 7) is 4.63. The van der Waals surface area contributed by atoms with Gasteiger partial charge in [0, 0.05) is 4.43 Å². The summed E-state index contributed by atoms with van der Waals surface area (Å²) in [5.74, 6) is 1.80. The highest BCUT2D eigenvalue weighted by atomic mass is 127. The molecule has 0 aliphatic heterocycles. The molecule has 0 unspecified atom stereocenters. The van der Waals surface area contributed by atoms with E-state index < -0.39 is 0 Å². The van der Waals surface area contributed by atoms with Gasteiger partial charge in [0.1, 0.15) is 0 Å². The maximum absolute atomic E-state index is 2.52. The van der Waals surface area contributed by atoms with Crippen molar-refractivity contribution in [2.75, 3.05) is 4.43 Å². The van der Waals surface area contributed by atoms with E-state index in [4.69, 9.17) is 0 Å². The standard InChI is InChI=1S/C9H14I2/c1-6-3-4-8(7(2)11)9(6)5-10/h6,9H,3-5H2,1-2H3/b8-7-/t6-,9+/m0/s1. The van der Waals surface area contributed by atoms with Crippen molar-refractivity contribution in [2.24, 2.45) is 11.8 Å². The minimum atomic E-state index is 0.882.